The summed E-state index contributed by atoms with van der Waals surface area (Å²) in [5.41, 5.74) is 2.04. The number of nitrogens with zero attached hydrogens (tertiary/aromatic N) is 6. The summed E-state index contributed by atoms with van der Waals surface area (Å²) in [6.07, 6.45) is 3.58. The number of hydrogen-bond acceptors (Lipinski definition) is 7. The lowest BCUT2D eigenvalue weighted by Gasteiger charge is -2.35. The van der Waals surface area contributed by atoms with Crippen LogP contribution in [0.5, 0.6) is 0 Å². The molecule has 3 heterocycles. The first kappa shape index (κ1) is 19.1. The molecule has 1 N–H and O–H groups in total. The Kier molecular flexibility index (Phi) is 5.84. The van der Waals surface area contributed by atoms with E-state index in [-0.39, 0.29) is 0 Å². The van der Waals surface area contributed by atoms with Gasteiger partial charge in [-0.1, -0.05) is 44.2 Å². The molecule has 1 aliphatic rings. The van der Waals surface area contributed by atoms with E-state index in [9.17, 15) is 0 Å². The lowest BCUT2D eigenvalue weighted by molar-refractivity contribution is 0.633. The van der Waals surface area contributed by atoms with E-state index in [0.29, 0.717) is 11.9 Å². The minimum absolute atomic E-state index is 0.525. The van der Waals surface area contributed by atoms with Gasteiger partial charge in [0.05, 0.1) is 5.69 Å². The summed E-state index contributed by atoms with van der Waals surface area (Å²) in [4.78, 5) is 22.8. The minimum atomic E-state index is 0.525. The lowest BCUT2D eigenvalue weighted by Crippen LogP contribution is -2.47. The molecule has 0 saturated carbocycles. The largest absolute Gasteiger partial charge is 0.354 e. The zero-order valence-electron chi connectivity index (χ0n) is 17.0. The van der Waals surface area contributed by atoms with Crippen molar-refractivity contribution >= 4 is 17.7 Å². The molecule has 0 atom stereocenters. The molecule has 1 aromatic carbocycles. The first-order valence-electron chi connectivity index (χ1n) is 10.1. The van der Waals surface area contributed by atoms with Gasteiger partial charge in [0.2, 0.25) is 11.9 Å². The predicted octanol–water partition coefficient (Wildman–Crippen LogP) is 3.33. The summed E-state index contributed by atoms with van der Waals surface area (Å²) >= 11 is 0. The second kappa shape index (κ2) is 8.86. The van der Waals surface area contributed by atoms with Crippen LogP contribution in [0.15, 0.2) is 54.9 Å². The second-order valence-corrected chi connectivity index (χ2v) is 7.60. The highest BCUT2D eigenvalue weighted by molar-refractivity contribution is 5.65. The molecule has 0 aliphatic carbocycles. The number of piperazine rings is 1. The van der Waals surface area contributed by atoms with Crippen LogP contribution in [0.3, 0.4) is 0 Å². The van der Waals surface area contributed by atoms with Crippen molar-refractivity contribution in [1.29, 1.82) is 0 Å². The molecule has 1 saturated heterocycles. The molecule has 7 nitrogen and oxygen atoms in total. The summed E-state index contributed by atoms with van der Waals surface area (Å²) in [5.74, 6) is 2.96. The van der Waals surface area contributed by atoms with Crippen LogP contribution in [0.4, 0.5) is 17.7 Å². The first-order valence-corrected chi connectivity index (χ1v) is 10.1. The van der Waals surface area contributed by atoms with Gasteiger partial charge in [0.15, 0.2) is 0 Å². The number of aromatic nitrogens is 4. The predicted molar refractivity (Wildman–Crippen MR) is 117 cm³/mol. The van der Waals surface area contributed by atoms with Gasteiger partial charge in [-0.2, -0.15) is 4.98 Å². The van der Waals surface area contributed by atoms with Gasteiger partial charge >= 0.3 is 0 Å². The summed E-state index contributed by atoms with van der Waals surface area (Å²) < 4.78 is 0. The van der Waals surface area contributed by atoms with Crippen LogP contribution in [-0.2, 0) is 0 Å². The van der Waals surface area contributed by atoms with E-state index in [4.69, 9.17) is 9.97 Å². The minimum Gasteiger partial charge on any atom is -0.354 e. The normalized spacial score (nSPS) is 14.3. The summed E-state index contributed by atoms with van der Waals surface area (Å²) in [7, 11) is 0. The van der Waals surface area contributed by atoms with E-state index in [1.54, 1.807) is 12.4 Å². The Balaban J connectivity index is 1.55. The van der Waals surface area contributed by atoms with Crippen molar-refractivity contribution in [2.45, 2.75) is 13.8 Å². The van der Waals surface area contributed by atoms with Crippen LogP contribution in [0, 0.1) is 5.92 Å². The van der Waals surface area contributed by atoms with Crippen LogP contribution >= 0.6 is 0 Å². The molecule has 150 valence electrons. The maximum atomic E-state index is 4.81. The Hall–Kier alpha value is -3.22. The van der Waals surface area contributed by atoms with Crippen LogP contribution in [0.2, 0.25) is 0 Å². The fraction of sp³-hybridized carbons (Fsp3) is 0.364. The summed E-state index contributed by atoms with van der Waals surface area (Å²) in [5, 5.41) is 3.39. The van der Waals surface area contributed by atoms with Crippen molar-refractivity contribution < 1.29 is 0 Å². The SMILES string of the molecule is CC(C)CNc1nc(-c2ccccc2)cc(N2CCN(c3ncccn3)CC2)n1. The van der Waals surface area contributed by atoms with Crippen molar-refractivity contribution in [3.63, 3.8) is 0 Å². The number of anilines is 3. The van der Waals surface area contributed by atoms with Gasteiger partial charge in [-0.15, -0.1) is 0 Å². The molecule has 7 heteroatoms. The molecule has 29 heavy (non-hydrogen) atoms. The fourth-order valence-corrected chi connectivity index (χ4v) is 3.32. The third-order valence-electron chi connectivity index (χ3n) is 4.89. The zero-order chi connectivity index (χ0) is 20.1. The monoisotopic (exact) mass is 389 g/mol. The molecular weight excluding hydrogens is 362 g/mol. The maximum absolute atomic E-state index is 4.81. The molecule has 0 amide bonds. The quantitative estimate of drug-likeness (QED) is 0.693. The van der Waals surface area contributed by atoms with Crippen LogP contribution < -0.4 is 15.1 Å². The molecule has 0 unspecified atom stereocenters. The highest BCUT2D eigenvalue weighted by Gasteiger charge is 2.21. The van der Waals surface area contributed by atoms with Crippen LogP contribution in [0.25, 0.3) is 11.3 Å². The topological polar surface area (TPSA) is 70.1 Å². The van der Waals surface area contributed by atoms with Gasteiger partial charge in [-0.05, 0) is 12.0 Å². The second-order valence-electron chi connectivity index (χ2n) is 7.60. The molecule has 1 aliphatic heterocycles. The smallest absolute Gasteiger partial charge is 0.225 e. The Labute approximate surface area is 171 Å². The Bertz CT molecular complexity index is 907. The highest BCUT2D eigenvalue weighted by atomic mass is 15.3. The average Bonchev–Trinajstić information content (AvgIpc) is 2.79. The summed E-state index contributed by atoms with van der Waals surface area (Å²) in [6.45, 7) is 8.67. The Morgan fingerprint density at radius 3 is 2.28 bits per heavy atom. The van der Waals surface area contributed by atoms with Crippen molar-refractivity contribution in [3.8, 4) is 11.3 Å². The molecule has 1 fully saturated rings. The van der Waals surface area contributed by atoms with E-state index < -0.39 is 0 Å². The van der Waals surface area contributed by atoms with E-state index >= 15 is 0 Å². The molecule has 2 aromatic heterocycles. The fourth-order valence-electron chi connectivity index (χ4n) is 3.32. The number of benzene rings is 1. The van der Waals surface area contributed by atoms with Gasteiger partial charge in [-0.3, -0.25) is 0 Å². The van der Waals surface area contributed by atoms with Crippen molar-refractivity contribution in [2.75, 3.05) is 47.8 Å². The third-order valence-corrected chi connectivity index (χ3v) is 4.89. The van der Waals surface area contributed by atoms with E-state index in [0.717, 1.165) is 55.7 Å². The lowest BCUT2D eigenvalue weighted by atomic mass is 10.1. The maximum Gasteiger partial charge on any atom is 0.225 e. The van der Waals surface area contributed by atoms with Crippen molar-refractivity contribution in [3.05, 3.63) is 54.9 Å². The third kappa shape index (κ3) is 4.80. The average molecular weight is 390 g/mol. The van der Waals surface area contributed by atoms with Crippen LogP contribution in [-0.4, -0.2) is 52.7 Å². The molecule has 4 rings (SSSR count). The summed E-state index contributed by atoms with van der Waals surface area (Å²) in [6, 6.07) is 14.2. The van der Waals surface area contributed by atoms with E-state index in [1.165, 1.54) is 0 Å². The zero-order valence-corrected chi connectivity index (χ0v) is 17.0. The molecule has 0 spiro atoms. The molecular formula is C22H27N7. The first-order chi connectivity index (χ1) is 14.2. The molecule has 0 radical (unpaired) electrons. The number of rotatable bonds is 6. The highest BCUT2D eigenvalue weighted by Crippen LogP contribution is 2.25. The van der Waals surface area contributed by atoms with Gasteiger partial charge < -0.3 is 15.1 Å². The van der Waals surface area contributed by atoms with Crippen LogP contribution in [0.1, 0.15) is 13.8 Å². The molecule has 3 aromatic rings. The van der Waals surface area contributed by atoms with E-state index in [2.05, 4.69) is 57.1 Å². The van der Waals surface area contributed by atoms with Gasteiger partial charge in [-0.25, -0.2) is 15.0 Å². The van der Waals surface area contributed by atoms with Crippen molar-refractivity contribution in [2.24, 2.45) is 5.92 Å². The van der Waals surface area contributed by atoms with E-state index in [1.807, 2.05) is 24.3 Å². The standard InChI is InChI=1S/C22H27N7/c1-17(2)16-25-21-26-19(18-7-4-3-5-8-18)15-20(27-21)28-11-13-29(14-12-28)22-23-9-6-10-24-22/h3-10,15,17H,11-14,16H2,1-2H3,(H,25,26,27). The van der Waals surface area contributed by atoms with Gasteiger partial charge in [0.25, 0.3) is 0 Å². The Morgan fingerprint density at radius 2 is 1.59 bits per heavy atom. The Morgan fingerprint density at radius 1 is 0.897 bits per heavy atom. The number of hydrogen-bond donors (Lipinski definition) is 1. The molecule has 0 bridgehead atoms. The van der Waals surface area contributed by atoms with Gasteiger partial charge in [0.1, 0.15) is 5.82 Å². The van der Waals surface area contributed by atoms with Gasteiger partial charge in [0, 0.05) is 56.7 Å². The van der Waals surface area contributed by atoms with Crippen molar-refractivity contribution in [1.82, 2.24) is 19.9 Å². The number of nitrogens with one attached hydrogen (secondary N) is 1.